The van der Waals surface area contributed by atoms with Crippen LogP contribution in [0.5, 0.6) is 0 Å². The molecule has 1 aromatic carbocycles. The van der Waals surface area contributed by atoms with Gasteiger partial charge in [-0.15, -0.1) is 10.2 Å². The van der Waals surface area contributed by atoms with E-state index in [1.165, 1.54) is 12.1 Å². The van der Waals surface area contributed by atoms with Crippen molar-refractivity contribution in [1.29, 1.82) is 0 Å². The largest absolute Gasteiger partial charge is 0.368 e. The zero-order valence-electron chi connectivity index (χ0n) is 13.7. The maximum absolute atomic E-state index is 13.1. The van der Waals surface area contributed by atoms with Gasteiger partial charge in [-0.1, -0.05) is 26.0 Å². The average molecular weight is 322 g/mol. The fourth-order valence-electron chi connectivity index (χ4n) is 2.41. The first-order chi connectivity index (χ1) is 11.5. The molecule has 0 radical (unpaired) electrons. The van der Waals surface area contributed by atoms with E-state index in [2.05, 4.69) is 34.3 Å². The molecule has 24 heavy (non-hydrogen) atoms. The highest BCUT2D eigenvalue weighted by Gasteiger charge is 2.20. The van der Waals surface area contributed by atoms with E-state index in [0.717, 1.165) is 16.8 Å². The van der Waals surface area contributed by atoms with Crippen molar-refractivity contribution in [3.63, 3.8) is 0 Å². The summed E-state index contributed by atoms with van der Waals surface area (Å²) in [7, 11) is 0. The SMILES string of the molecule is CC(C)(CNc1ccc(-c2cccnc2)nn1)c1ccc(F)cc1. The molecular weight excluding hydrogens is 303 g/mol. The fraction of sp³-hybridized carbons (Fsp3) is 0.211. The van der Waals surface area contributed by atoms with Gasteiger partial charge in [-0.05, 0) is 42.0 Å². The summed E-state index contributed by atoms with van der Waals surface area (Å²) in [6.07, 6.45) is 3.49. The molecule has 0 aliphatic heterocycles. The van der Waals surface area contributed by atoms with Crippen molar-refractivity contribution < 1.29 is 4.39 Å². The number of nitrogens with zero attached hydrogens (tertiary/aromatic N) is 3. The predicted octanol–water partition coefficient (Wildman–Crippen LogP) is 4.07. The van der Waals surface area contributed by atoms with Crippen LogP contribution in [0.25, 0.3) is 11.3 Å². The topological polar surface area (TPSA) is 50.7 Å². The molecule has 0 bridgehead atoms. The summed E-state index contributed by atoms with van der Waals surface area (Å²) >= 11 is 0. The van der Waals surface area contributed by atoms with Gasteiger partial charge < -0.3 is 5.32 Å². The molecule has 0 atom stereocenters. The Kier molecular flexibility index (Phi) is 4.51. The Labute approximate surface area is 140 Å². The van der Waals surface area contributed by atoms with E-state index in [0.29, 0.717) is 12.4 Å². The number of benzene rings is 1. The minimum absolute atomic E-state index is 0.155. The van der Waals surface area contributed by atoms with Crippen LogP contribution < -0.4 is 5.32 Å². The van der Waals surface area contributed by atoms with Crippen LogP contribution in [0.15, 0.2) is 60.9 Å². The summed E-state index contributed by atoms with van der Waals surface area (Å²) in [5.74, 6) is 0.484. The molecule has 3 rings (SSSR count). The lowest BCUT2D eigenvalue weighted by Gasteiger charge is -2.25. The van der Waals surface area contributed by atoms with E-state index in [4.69, 9.17) is 0 Å². The molecule has 0 amide bonds. The normalized spacial score (nSPS) is 11.3. The van der Waals surface area contributed by atoms with E-state index in [1.54, 1.807) is 12.4 Å². The highest BCUT2D eigenvalue weighted by atomic mass is 19.1. The van der Waals surface area contributed by atoms with Gasteiger partial charge in [0, 0.05) is 29.9 Å². The summed E-state index contributed by atoms with van der Waals surface area (Å²) in [6, 6.07) is 14.2. The van der Waals surface area contributed by atoms with Gasteiger partial charge in [-0.3, -0.25) is 4.98 Å². The Hall–Kier alpha value is -2.82. The number of rotatable bonds is 5. The van der Waals surface area contributed by atoms with Gasteiger partial charge in [0.15, 0.2) is 0 Å². The summed E-state index contributed by atoms with van der Waals surface area (Å²) < 4.78 is 13.1. The molecule has 5 heteroatoms. The van der Waals surface area contributed by atoms with E-state index in [1.807, 2.05) is 36.4 Å². The molecule has 4 nitrogen and oxygen atoms in total. The van der Waals surface area contributed by atoms with Crippen molar-refractivity contribution in [3.05, 3.63) is 72.3 Å². The first-order valence-corrected chi connectivity index (χ1v) is 7.79. The molecule has 0 aliphatic carbocycles. The van der Waals surface area contributed by atoms with Crippen LogP contribution in [0.2, 0.25) is 0 Å². The Morgan fingerprint density at radius 3 is 2.42 bits per heavy atom. The highest BCUT2D eigenvalue weighted by Crippen LogP contribution is 2.24. The van der Waals surface area contributed by atoms with Gasteiger partial charge in [-0.25, -0.2) is 4.39 Å². The lowest BCUT2D eigenvalue weighted by atomic mass is 9.84. The third-order valence-electron chi connectivity index (χ3n) is 3.96. The van der Waals surface area contributed by atoms with Crippen molar-refractivity contribution in [1.82, 2.24) is 15.2 Å². The van der Waals surface area contributed by atoms with E-state index >= 15 is 0 Å². The van der Waals surface area contributed by atoms with Crippen molar-refractivity contribution in [3.8, 4) is 11.3 Å². The molecule has 0 unspecified atom stereocenters. The number of hydrogen-bond donors (Lipinski definition) is 1. The number of hydrogen-bond acceptors (Lipinski definition) is 4. The van der Waals surface area contributed by atoms with E-state index in [-0.39, 0.29) is 11.2 Å². The minimum atomic E-state index is -0.223. The molecule has 2 aromatic heterocycles. The number of nitrogens with one attached hydrogen (secondary N) is 1. The zero-order valence-corrected chi connectivity index (χ0v) is 13.7. The Morgan fingerprint density at radius 2 is 1.79 bits per heavy atom. The van der Waals surface area contributed by atoms with E-state index < -0.39 is 0 Å². The fourth-order valence-corrected chi connectivity index (χ4v) is 2.41. The van der Waals surface area contributed by atoms with Crippen LogP contribution in [-0.4, -0.2) is 21.7 Å². The third-order valence-corrected chi connectivity index (χ3v) is 3.96. The molecule has 0 saturated heterocycles. The average Bonchev–Trinajstić information content (AvgIpc) is 2.62. The zero-order chi connectivity index (χ0) is 17.0. The maximum atomic E-state index is 13.1. The van der Waals surface area contributed by atoms with E-state index in [9.17, 15) is 4.39 Å². The lowest BCUT2D eigenvalue weighted by molar-refractivity contribution is 0.552. The van der Waals surface area contributed by atoms with Crippen LogP contribution >= 0.6 is 0 Å². The molecule has 3 aromatic rings. The number of aromatic nitrogens is 3. The van der Waals surface area contributed by atoms with Gasteiger partial charge in [0.2, 0.25) is 0 Å². The van der Waals surface area contributed by atoms with Gasteiger partial charge in [-0.2, -0.15) is 0 Å². The standard InChI is InChI=1S/C19H19FN4/c1-19(2,15-5-7-16(20)8-6-15)13-22-18-10-9-17(23-24-18)14-4-3-11-21-12-14/h3-12H,13H2,1-2H3,(H,22,24). The van der Waals surface area contributed by atoms with Gasteiger partial charge >= 0.3 is 0 Å². The van der Waals surface area contributed by atoms with Crippen molar-refractivity contribution in [2.45, 2.75) is 19.3 Å². The second-order valence-corrected chi connectivity index (χ2v) is 6.29. The third kappa shape index (κ3) is 3.74. The van der Waals surface area contributed by atoms with Gasteiger partial charge in [0.1, 0.15) is 11.6 Å². The summed E-state index contributed by atoms with van der Waals surface area (Å²) in [4.78, 5) is 4.08. The van der Waals surface area contributed by atoms with Crippen LogP contribution in [0, 0.1) is 5.82 Å². The Morgan fingerprint density at radius 1 is 1.00 bits per heavy atom. The maximum Gasteiger partial charge on any atom is 0.148 e. The number of pyridine rings is 1. The molecule has 0 fully saturated rings. The molecule has 0 aliphatic rings. The highest BCUT2D eigenvalue weighted by molar-refractivity contribution is 5.58. The Balaban J connectivity index is 1.67. The lowest BCUT2D eigenvalue weighted by Crippen LogP contribution is -2.28. The smallest absolute Gasteiger partial charge is 0.148 e. The number of anilines is 1. The molecular formula is C19H19FN4. The Bertz CT molecular complexity index is 784. The first-order valence-electron chi connectivity index (χ1n) is 7.79. The molecule has 0 saturated carbocycles. The molecule has 122 valence electrons. The van der Waals surface area contributed by atoms with Crippen LogP contribution in [0.3, 0.4) is 0 Å². The van der Waals surface area contributed by atoms with Crippen molar-refractivity contribution in [2.24, 2.45) is 0 Å². The van der Waals surface area contributed by atoms with Crippen molar-refractivity contribution >= 4 is 5.82 Å². The van der Waals surface area contributed by atoms with Crippen LogP contribution in [0.4, 0.5) is 10.2 Å². The minimum Gasteiger partial charge on any atom is -0.368 e. The summed E-state index contributed by atoms with van der Waals surface area (Å²) in [5, 5.41) is 11.7. The number of halogens is 1. The second-order valence-electron chi connectivity index (χ2n) is 6.29. The predicted molar refractivity (Wildman–Crippen MR) is 93.2 cm³/mol. The molecule has 2 heterocycles. The van der Waals surface area contributed by atoms with Crippen LogP contribution in [-0.2, 0) is 5.41 Å². The molecule has 1 N–H and O–H groups in total. The summed E-state index contributed by atoms with van der Waals surface area (Å²) in [5.41, 5.74) is 2.63. The van der Waals surface area contributed by atoms with Gasteiger partial charge in [0.05, 0.1) is 5.69 Å². The monoisotopic (exact) mass is 322 g/mol. The first kappa shape index (κ1) is 16.1. The van der Waals surface area contributed by atoms with Gasteiger partial charge in [0.25, 0.3) is 0 Å². The summed E-state index contributed by atoms with van der Waals surface area (Å²) in [6.45, 7) is 4.87. The quantitative estimate of drug-likeness (QED) is 0.769. The molecule has 0 spiro atoms. The van der Waals surface area contributed by atoms with Crippen molar-refractivity contribution in [2.75, 3.05) is 11.9 Å². The van der Waals surface area contributed by atoms with Crippen LogP contribution in [0.1, 0.15) is 19.4 Å². The second kappa shape index (κ2) is 6.74.